The number of hydrogen-bond acceptors (Lipinski definition) is 3. The van der Waals surface area contributed by atoms with Gasteiger partial charge in [0.2, 0.25) is 5.91 Å². The van der Waals surface area contributed by atoms with Gasteiger partial charge in [0.15, 0.2) is 0 Å². The van der Waals surface area contributed by atoms with E-state index in [4.69, 9.17) is 4.74 Å². The van der Waals surface area contributed by atoms with Crippen LogP contribution in [-0.4, -0.2) is 37.6 Å². The normalized spacial score (nSPS) is 18.6. The number of allylic oxidation sites excluding steroid dienone is 2. The van der Waals surface area contributed by atoms with Crippen molar-refractivity contribution in [2.45, 2.75) is 78.1 Å². The average molecular weight is 366 g/mol. The van der Waals surface area contributed by atoms with Gasteiger partial charge >= 0.3 is 6.09 Å². The Labute approximate surface area is 154 Å². The molecule has 0 bridgehead atoms. The summed E-state index contributed by atoms with van der Waals surface area (Å²) in [5, 5.41) is 0. The van der Waals surface area contributed by atoms with Crippen molar-refractivity contribution in [3.8, 4) is 0 Å². The Morgan fingerprint density at radius 2 is 1.92 bits per heavy atom. The van der Waals surface area contributed by atoms with E-state index < -0.39 is 14.2 Å². The van der Waals surface area contributed by atoms with Gasteiger partial charge in [0.25, 0.3) is 0 Å². The first-order chi connectivity index (χ1) is 11.7. The topological polar surface area (TPSA) is 46.6 Å². The molecule has 1 atom stereocenters. The molecule has 5 heteroatoms. The number of amides is 2. The van der Waals surface area contributed by atoms with E-state index in [0.29, 0.717) is 13.0 Å². The fourth-order valence-electron chi connectivity index (χ4n) is 3.16. The molecule has 142 valence electrons. The highest BCUT2D eigenvalue weighted by Crippen LogP contribution is 2.23. The molecule has 1 fully saturated rings. The third kappa shape index (κ3) is 7.59. The minimum atomic E-state index is -1.28. The van der Waals surface area contributed by atoms with Crippen LogP contribution < -0.4 is 0 Å². The zero-order valence-electron chi connectivity index (χ0n) is 16.6. The van der Waals surface area contributed by atoms with Crippen LogP contribution in [0.3, 0.4) is 0 Å². The monoisotopic (exact) mass is 365 g/mol. The average Bonchev–Trinajstić information content (AvgIpc) is 2.87. The van der Waals surface area contributed by atoms with Crippen molar-refractivity contribution in [2.75, 3.05) is 6.61 Å². The van der Waals surface area contributed by atoms with Crippen molar-refractivity contribution in [3.05, 3.63) is 23.9 Å². The van der Waals surface area contributed by atoms with Crippen LogP contribution in [0.2, 0.25) is 19.6 Å². The second-order valence-electron chi connectivity index (χ2n) is 8.36. The van der Waals surface area contributed by atoms with Gasteiger partial charge in [-0.25, -0.2) is 9.69 Å². The predicted molar refractivity (Wildman–Crippen MR) is 106 cm³/mol. The summed E-state index contributed by atoms with van der Waals surface area (Å²) in [6.07, 6.45) is 6.82. The Bertz CT molecular complexity index is 506. The van der Waals surface area contributed by atoms with Crippen LogP contribution >= 0.6 is 0 Å². The van der Waals surface area contributed by atoms with Crippen molar-refractivity contribution in [1.29, 1.82) is 0 Å². The third-order valence-corrected chi connectivity index (χ3v) is 5.65. The van der Waals surface area contributed by atoms with Crippen molar-refractivity contribution in [1.82, 2.24) is 4.90 Å². The number of hydrogen-bond donors (Lipinski definition) is 0. The molecule has 0 aromatic heterocycles. The van der Waals surface area contributed by atoms with Crippen molar-refractivity contribution in [2.24, 2.45) is 5.92 Å². The standard InChI is InChI=1S/C20H35NO3Si/c1-7-8-9-11-17(15-25(4,5)6)12-10-13-19(22)21-18(16(2)3)14-24-20(21)23/h7,15-16,18H,1,8-14H2,2-6H3/b17-15+/t18-/m1/s1. The van der Waals surface area contributed by atoms with E-state index in [0.717, 1.165) is 32.1 Å². The third-order valence-electron chi connectivity index (χ3n) is 4.38. The molecule has 0 saturated carbocycles. The minimum absolute atomic E-state index is 0.0976. The van der Waals surface area contributed by atoms with E-state index in [1.807, 2.05) is 19.9 Å². The molecule has 0 aromatic rings. The van der Waals surface area contributed by atoms with Crippen LogP contribution in [0.15, 0.2) is 23.9 Å². The molecule has 1 heterocycles. The van der Waals surface area contributed by atoms with Crippen LogP contribution in [0.1, 0.15) is 52.4 Å². The molecule has 0 radical (unpaired) electrons. The summed E-state index contributed by atoms with van der Waals surface area (Å²) < 4.78 is 5.07. The van der Waals surface area contributed by atoms with Gasteiger partial charge < -0.3 is 4.74 Å². The number of rotatable bonds is 10. The number of unbranched alkanes of at least 4 members (excludes halogenated alkanes) is 1. The highest BCUT2D eigenvalue weighted by atomic mass is 28.3. The van der Waals surface area contributed by atoms with Gasteiger partial charge in [-0.2, -0.15) is 0 Å². The largest absolute Gasteiger partial charge is 0.447 e. The summed E-state index contributed by atoms with van der Waals surface area (Å²) in [5.74, 6) is 0.122. The molecule has 4 nitrogen and oxygen atoms in total. The lowest BCUT2D eigenvalue weighted by Crippen LogP contribution is -2.41. The highest BCUT2D eigenvalue weighted by Gasteiger charge is 2.38. The zero-order valence-corrected chi connectivity index (χ0v) is 17.6. The number of nitrogens with zero attached hydrogens (tertiary/aromatic N) is 1. The smallest absolute Gasteiger partial charge is 0.416 e. The van der Waals surface area contributed by atoms with E-state index in [2.05, 4.69) is 31.9 Å². The van der Waals surface area contributed by atoms with E-state index in [-0.39, 0.29) is 17.9 Å². The summed E-state index contributed by atoms with van der Waals surface area (Å²) in [6.45, 7) is 15.1. The number of carbonyl (C=O) groups excluding carboxylic acids is 2. The quantitative estimate of drug-likeness (QED) is 0.299. The molecule has 25 heavy (non-hydrogen) atoms. The lowest BCUT2D eigenvalue weighted by Gasteiger charge is -2.22. The fourth-order valence-corrected chi connectivity index (χ4v) is 4.67. The number of carbonyl (C=O) groups is 2. The maximum absolute atomic E-state index is 12.5. The Hall–Kier alpha value is -1.36. The van der Waals surface area contributed by atoms with Crippen molar-refractivity contribution in [3.63, 3.8) is 0 Å². The Balaban J connectivity index is 2.59. The molecule has 0 N–H and O–H groups in total. The maximum atomic E-state index is 12.5. The second-order valence-corrected chi connectivity index (χ2v) is 13.4. The Kier molecular flexibility index (Phi) is 8.63. The van der Waals surface area contributed by atoms with Gasteiger partial charge in [-0.3, -0.25) is 4.79 Å². The van der Waals surface area contributed by atoms with Crippen molar-refractivity contribution >= 4 is 20.1 Å². The minimum Gasteiger partial charge on any atom is -0.447 e. The number of ether oxygens (including phenoxy) is 1. The summed E-state index contributed by atoms with van der Waals surface area (Å²) in [7, 11) is -1.28. The molecule has 1 saturated heterocycles. The predicted octanol–water partition coefficient (Wildman–Crippen LogP) is 5.32. The first kappa shape index (κ1) is 21.7. The van der Waals surface area contributed by atoms with Gasteiger partial charge in [0.05, 0.1) is 14.1 Å². The summed E-state index contributed by atoms with van der Waals surface area (Å²) in [5.41, 5.74) is 3.92. The maximum Gasteiger partial charge on any atom is 0.416 e. The molecule has 1 aliphatic rings. The van der Waals surface area contributed by atoms with Gasteiger partial charge in [-0.1, -0.05) is 50.8 Å². The molecule has 1 aliphatic heterocycles. The van der Waals surface area contributed by atoms with Gasteiger partial charge in [0.1, 0.15) is 6.61 Å². The van der Waals surface area contributed by atoms with Crippen LogP contribution in [0, 0.1) is 5.92 Å². The van der Waals surface area contributed by atoms with Gasteiger partial charge in [-0.05, 0) is 38.0 Å². The fraction of sp³-hybridized carbons (Fsp3) is 0.700. The first-order valence-corrected chi connectivity index (χ1v) is 13.0. The lowest BCUT2D eigenvalue weighted by atomic mass is 10.0. The van der Waals surface area contributed by atoms with E-state index in [1.165, 1.54) is 10.5 Å². The summed E-state index contributed by atoms with van der Waals surface area (Å²) >= 11 is 0. The lowest BCUT2D eigenvalue weighted by molar-refractivity contribution is -0.129. The van der Waals surface area contributed by atoms with E-state index in [1.54, 1.807) is 0 Å². The SMILES string of the molecule is C=CCCC/C(=C\[Si](C)(C)C)CCCC(=O)N1C(=O)OC[C@@H]1C(C)C. The number of imide groups is 1. The van der Waals surface area contributed by atoms with Gasteiger partial charge in [-0.15, -0.1) is 6.58 Å². The zero-order chi connectivity index (χ0) is 19.0. The molecule has 1 rings (SSSR count). The van der Waals surface area contributed by atoms with E-state index >= 15 is 0 Å². The molecule has 0 unspecified atom stereocenters. The molecular formula is C20H35NO3Si. The molecule has 0 aliphatic carbocycles. The second kappa shape index (κ2) is 9.95. The van der Waals surface area contributed by atoms with Crippen LogP contribution in [0.4, 0.5) is 4.79 Å². The summed E-state index contributed by atoms with van der Waals surface area (Å²) in [6, 6.07) is -0.121. The van der Waals surface area contributed by atoms with Crippen LogP contribution in [0.25, 0.3) is 0 Å². The molecule has 0 spiro atoms. The Morgan fingerprint density at radius 1 is 1.28 bits per heavy atom. The van der Waals surface area contributed by atoms with Crippen molar-refractivity contribution < 1.29 is 14.3 Å². The molecule has 0 aromatic carbocycles. The highest BCUT2D eigenvalue weighted by molar-refractivity contribution is 6.81. The van der Waals surface area contributed by atoms with Crippen LogP contribution in [-0.2, 0) is 9.53 Å². The number of cyclic esters (lactones) is 1. The molecular weight excluding hydrogens is 330 g/mol. The van der Waals surface area contributed by atoms with E-state index in [9.17, 15) is 9.59 Å². The van der Waals surface area contributed by atoms with Gasteiger partial charge in [0, 0.05) is 6.42 Å². The molecule has 2 amide bonds. The Morgan fingerprint density at radius 3 is 2.48 bits per heavy atom. The first-order valence-electron chi connectivity index (χ1n) is 9.46. The summed E-state index contributed by atoms with van der Waals surface area (Å²) in [4.78, 5) is 25.7. The van der Waals surface area contributed by atoms with Crippen LogP contribution in [0.5, 0.6) is 0 Å².